The molecule has 2 aromatic rings. The maximum absolute atomic E-state index is 5.86. The number of para-hydroxylation sites is 1. The first-order valence-corrected chi connectivity index (χ1v) is 7.01. The highest BCUT2D eigenvalue weighted by molar-refractivity contribution is 7.98. The molecule has 0 atom stereocenters. The smallest absolute Gasteiger partial charge is 0.146 e. The van der Waals surface area contributed by atoms with Crippen LogP contribution in [-0.2, 0) is 6.42 Å². The van der Waals surface area contributed by atoms with Crippen LogP contribution >= 0.6 is 11.8 Å². The largest absolute Gasteiger partial charge is 0.455 e. The SMILES string of the molecule is CSc1ccccc1Oc1cncc(CCN)c1. The predicted molar refractivity (Wildman–Crippen MR) is 75.3 cm³/mol. The van der Waals surface area contributed by atoms with Gasteiger partial charge in [0.05, 0.1) is 6.20 Å². The third-order valence-corrected chi connectivity index (χ3v) is 3.28. The summed E-state index contributed by atoms with van der Waals surface area (Å²) < 4.78 is 5.86. The standard InChI is InChI=1S/C14H16N2OS/c1-18-14-5-3-2-4-13(14)17-12-8-11(6-7-15)9-16-10-12/h2-5,8-10H,6-7,15H2,1H3. The minimum Gasteiger partial charge on any atom is -0.455 e. The molecule has 0 aliphatic heterocycles. The Hall–Kier alpha value is -1.52. The summed E-state index contributed by atoms with van der Waals surface area (Å²) in [5.74, 6) is 1.61. The zero-order valence-electron chi connectivity index (χ0n) is 10.3. The topological polar surface area (TPSA) is 48.1 Å². The Labute approximate surface area is 111 Å². The monoisotopic (exact) mass is 260 g/mol. The lowest BCUT2D eigenvalue weighted by molar-refractivity contribution is 0.468. The molecule has 0 spiro atoms. The van der Waals surface area contributed by atoms with Gasteiger partial charge >= 0.3 is 0 Å². The summed E-state index contributed by atoms with van der Waals surface area (Å²) in [6.07, 6.45) is 6.39. The number of hydrogen-bond acceptors (Lipinski definition) is 4. The number of pyridine rings is 1. The van der Waals surface area contributed by atoms with Crippen LogP contribution in [0.15, 0.2) is 47.6 Å². The molecule has 0 fully saturated rings. The number of aromatic nitrogens is 1. The minimum absolute atomic E-state index is 0.618. The molecule has 0 aliphatic rings. The van der Waals surface area contributed by atoms with E-state index < -0.39 is 0 Å². The van der Waals surface area contributed by atoms with Gasteiger partial charge in [-0.2, -0.15) is 0 Å². The minimum atomic E-state index is 0.618. The molecule has 1 aromatic carbocycles. The van der Waals surface area contributed by atoms with E-state index in [1.54, 1.807) is 18.0 Å². The third kappa shape index (κ3) is 3.24. The van der Waals surface area contributed by atoms with Gasteiger partial charge in [0.25, 0.3) is 0 Å². The van der Waals surface area contributed by atoms with Crippen molar-refractivity contribution in [3.63, 3.8) is 0 Å². The first-order chi connectivity index (χ1) is 8.83. The maximum Gasteiger partial charge on any atom is 0.146 e. The molecule has 0 unspecified atom stereocenters. The lowest BCUT2D eigenvalue weighted by Crippen LogP contribution is -2.03. The predicted octanol–water partition coefficient (Wildman–Crippen LogP) is 3.10. The lowest BCUT2D eigenvalue weighted by Gasteiger charge is -2.09. The Morgan fingerprint density at radius 2 is 2.11 bits per heavy atom. The van der Waals surface area contributed by atoms with Gasteiger partial charge in [0, 0.05) is 11.1 Å². The molecule has 3 nitrogen and oxygen atoms in total. The molecule has 4 heteroatoms. The van der Waals surface area contributed by atoms with Gasteiger partial charge in [-0.15, -0.1) is 11.8 Å². The van der Waals surface area contributed by atoms with Crippen LogP contribution in [0.5, 0.6) is 11.5 Å². The van der Waals surface area contributed by atoms with Crippen molar-refractivity contribution < 1.29 is 4.74 Å². The van der Waals surface area contributed by atoms with Crippen molar-refractivity contribution >= 4 is 11.8 Å². The van der Waals surface area contributed by atoms with E-state index in [-0.39, 0.29) is 0 Å². The summed E-state index contributed by atoms with van der Waals surface area (Å²) in [5.41, 5.74) is 6.63. The average Bonchev–Trinajstić information content (AvgIpc) is 2.40. The summed E-state index contributed by atoms with van der Waals surface area (Å²) >= 11 is 1.66. The molecule has 0 saturated carbocycles. The second-order valence-electron chi connectivity index (χ2n) is 3.82. The van der Waals surface area contributed by atoms with E-state index in [2.05, 4.69) is 4.98 Å². The molecule has 0 aliphatic carbocycles. The molecule has 0 amide bonds. The van der Waals surface area contributed by atoms with E-state index in [1.165, 1.54) is 0 Å². The van der Waals surface area contributed by atoms with Gasteiger partial charge in [-0.1, -0.05) is 12.1 Å². The molecule has 1 heterocycles. The fraction of sp³-hybridized carbons (Fsp3) is 0.214. The van der Waals surface area contributed by atoms with Crippen molar-refractivity contribution in [3.05, 3.63) is 48.3 Å². The zero-order chi connectivity index (χ0) is 12.8. The van der Waals surface area contributed by atoms with Crippen molar-refractivity contribution in [1.82, 2.24) is 4.98 Å². The fourth-order valence-corrected chi connectivity index (χ4v) is 2.18. The van der Waals surface area contributed by atoms with Gasteiger partial charge in [0.2, 0.25) is 0 Å². The van der Waals surface area contributed by atoms with Gasteiger partial charge in [0.15, 0.2) is 0 Å². The summed E-state index contributed by atoms with van der Waals surface area (Å²) in [6, 6.07) is 9.95. The van der Waals surface area contributed by atoms with E-state index >= 15 is 0 Å². The first kappa shape index (κ1) is 12.9. The van der Waals surface area contributed by atoms with Crippen molar-refractivity contribution in [3.8, 4) is 11.5 Å². The third-order valence-electron chi connectivity index (χ3n) is 2.50. The normalized spacial score (nSPS) is 10.3. The summed E-state index contributed by atoms with van der Waals surface area (Å²) in [6.45, 7) is 0.618. The molecule has 0 saturated heterocycles. The van der Waals surface area contributed by atoms with Crippen LogP contribution in [0.3, 0.4) is 0 Å². The number of benzene rings is 1. The molecule has 0 radical (unpaired) electrons. The van der Waals surface area contributed by atoms with Crippen molar-refractivity contribution in [2.24, 2.45) is 5.73 Å². The van der Waals surface area contributed by atoms with E-state index in [9.17, 15) is 0 Å². The van der Waals surface area contributed by atoms with E-state index in [0.29, 0.717) is 6.54 Å². The van der Waals surface area contributed by atoms with Crippen LogP contribution in [0.4, 0.5) is 0 Å². The van der Waals surface area contributed by atoms with E-state index in [0.717, 1.165) is 28.4 Å². The molecular formula is C14H16N2OS. The van der Waals surface area contributed by atoms with Crippen LogP contribution in [-0.4, -0.2) is 17.8 Å². The highest BCUT2D eigenvalue weighted by atomic mass is 32.2. The first-order valence-electron chi connectivity index (χ1n) is 5.78. The van der Waals surface area contributed by atoms with Crippen LogP contribution in [0, 0.1) is 0 Å². The molecule has 1 aromatic heterocycles. The molecular weight excluding hydrogens is 244 g/mol. The Kier molecular flexibility index (Phi) is 4.61. The van der Waals surface area contributed by atoms with E-state index in [1.807, 2.05) is 42.8 Å². The summed E-state index contributed by atoms with van der Waals surface area (Å²) in [7, 11) is 0. The van der Waals surface area contributed by atoms with Gasteiger partial charge < -0.3 is 10.5 Å². The number of nitrogens with two attached hydrogens (primary N) is 1. The number of rotatable bonds is 5. The fourth-order valence-electron chi connectivity index (χ4n) is 1.65. The van der Waals surface area contributed by atoms with Gasteiger partial charge in [0.1, 0.15) is 11.5 Å². The van der Waals surface area contributed by atoms with Crippen molar-refractivity contribution in [2.75, 3.05) is 12.8 Å². The molecule has 18 heavy (non-hydrogen) atoms. The number of ether oxygens (including phenoxy) is 1. The number of nitrogens with zero attached hydrogens (tertiary/aromatic N) is 1. The maximum atomic E-state index is 5.86. The Balaban J connectivity index is 2.20. The quantitative estimate of drug-likeness (QED) is 0.839. The number of hydrogen-bond donors (Lipinski definition) is 1. The summed E-state index contributed by atoms with van der Waals surface area (Å²) in [5, 5.41) is 0. The van der Waals surface area contributed by atoms with Crippen molar-refractivity contribution in [2.45, 2.75) is 11.3 Å². The summed E-state index contributed by atoms with van der Waals surface area (Å²) in [4.78, 5) is 5.28. The van der Waals surface area contributed by atoms with Crippen LogP contribution in [0.1, 0.15) is 5.56 Å². The van der Waals surface area contributed by atoms with Crippen LogP contribution < -0.4 is 10.5 Å². The number of thioether (sulfide) groups is 1. The lowest BCUT2D eigenvalue weighted by atomic mass is 10.2. The zero-order valence-corrected chi connectivity index (χ0v) is 11.1. The van der Waals surface area contributed by atoms with Crippen LogP contribution in [0.25, 0.3) is 0 Å². The molecule has 2 rings (SSSR count). The van der Waals surface area contributed by atoms with E-state index in [4.69, 9.17) is 10.5 Å². The second kappa shape index (κ2) is 6.42. The molecule has 0 bridgehead atoms. The van der Waals surface area contributed by atoms with Crippen molar-refractivity contribution in [1.29, 1.82) is 0 Å². The average molecular weight is 260 g/mol. The van der Waals surface area contributed by atoms with Gasteiger partial charge in [-0.25, -0.2) is 0 Å². The highest BCUT2D eigenvalue weighted by Gasteiger charge is 2.04. The second-order valence-corrected chi connectivity index (χ2v) is 4.67. The Bertz CT molecular complexity index is 517. The van der Waals surface area contributed by atoms with Gasteiger partial charge in [-0.3, -0.25) is 4.98 Å². The highest BCUT2D eigenvalue weighted by Crippen LogP contribution is 2.31. The molecule has 94 valence electrons. The Morgan fingerprint density at radius 3 is 2.89 bits per heavy atom. The molecule has 2 N–H and O–H groups in total. The van der Waals surface area contributed by atoms with Crippen LogP contribution in [0.2, 0.25) is 0 Å². The Morgan fingerprint density at radius 1 is 1.28 bits per heavy atom. The van der Waals surface area contributed by atoms with Gasteiger partial charge in [-0.05, 0) is 43.0 Å².